The van der Waals surface area contributed by atoms with Crippen molar-refractivity contribution in [1.82, 2.24) is 0 Å². The van der Waals surface area contributed by atoms with E-state index in [0.717, 1.165) is 18.4 Å². The number of hydrogen-bond donors (Lipinski definition) is 2. The van der Waals surface area contributed by atoms with Crippen LogP contribution >= 0.6 is 0 Å². The molecule has 100 valence electrons. The maximum absolute atomic E-state index is 13.0. The van der Waals surface area contributed by atoms with E-state index < -0.39 is 5.97 Å². The summed E-state index contributed by atoms with van der Waals surface area (Å²) in [5.74, 6) is -0.769. The topological polar surface area (TPSA) is 63.3 Å². The highest BCUT2D eigenvalue weighted by Crippen LogP contribution is 2.19. The molecule has 3 nitrogen and oxygen atoms in total. The second kappa shape index (κ2) is 7.11. The first-order valence-corrected chi connectivity index (χ1v) is 6.17. The van der Waals surface area contributed by atoms with Crippen LogP contribution in [0.5, 0.6) is 0 Å². The van der Waals surface area contributed by atoms with Crippen LogP contribution in [0.4, 0.5) is 4.39 Å². The fraction of sp³-hybridized carbons (Fsp3) is 0.500. The Morgan fingerprint density at radius 3 is 2.78 bits per heavy atom. The van der Waals surface area contributed by atoms with E-state index in [4.69, 9.17) is 10.8 Å². The van der Waals surface area contributed by atoms with Gasteiger partial charge in [0.25, 0.3) is 0 Å². The van der Waals surface area contributed by atoms with E-state index in [-0.39, 0.29) is 18.2 Å². The molecule has 0 fully saturated rings. The maximum Gasteiger partial charge on any atom is 0.303 e. The number of aliphatic carboxylic acids is 1. The lowest BCUT2D eigenvalue weighted by Gasteiger charge is -2.18. The molecule has 1 rings (SSSR count). The average molecular weight is 253 g/mol. The second-order valence-electron chi connectivity index (χ2n) is 4.87. The molecule has 0 saturated heterocycles. The monoisotopic (exact) mass is 253 g/mol. The Balaban J connectivity index is 2.49. The van der Waals surface area contributed by atoms with Gasteiger partial charge in [-0.15, -0.1) is 0 Å². The number of benzene rings is 1. The minimum atomic E-state index is -0.816. The quantitative estimate of drug-likeness (QED) is 0.784. The molecular weight excluding hydrogens is 233 g/mol. The van der Waals surface area contributed by atoms with Crippen LogP contribution in [-0.4, -0.2) is 17.6 Å². The Kier molecular flexibility index (Phi) is 5.78. The molecular formula is C14H20FNO2. The van der Waals surface area contributed by atoms with Crippen molar-refractivity contribution < 1.29 is 14.3 Å². The third-order valence-electron chi connectivity index (χ3n) is 3.01. The summed E-state index contributed by atoms with van der Waals surface area (Å²) in [4.78, 5) is 10.6. The fourth-order valence-electron chi connectivity index (χ4n) is 2.23. The maximum atomic E-state index is 13.0. The van der Waals surface area contributed by atoms with Crippen LogP contribution in [0.25, 0.3) is 0 Å². The Morgan fingerprint density at radius 1 is 1.50 bits per heavy atom. The van der Waals surface area contributed by atoms with Crippen molar-refractivity contribution in [3.63, 3.8) is 0 Å². The highest BCUT2D eigenvalue weighted by molar-refractivity contribution is 5.67. The number of carboxylic acids is 1. The van der Waals surface area contributed by atoms with E-state index in [1.807, 2.05) is 13.0 Å². The Morgan fingerprint density at radius 2 is 2.22 bits per heavy atom. The van der Waals surface area contributed by atoms with Crippen LogP contribution in [0.15, 0.2) is 24.3 Å². The van der Waals surface area contributed by atoms with Gasteiger partial charge in [-0.3, -0.25) is 4.79 Å². The Bertz CT molecular complexity index is 395. The summed E-state index contributed by atoms with van der Waals surface area (Å²) in [5, 5.41) is 8.75. The van der Waals surface area contributed by atoms with Crippen LogP contribution in [0.2, 0.25) is 0 Å². The van der Waals surface area contributed by atoms with Gasteiger partial charge in [-0.25, -0.2) is 4.39 Å². The van der Waals surface area contributed by atoms with Gasteiger partial charge in [0.2, 0.25) is 0 Å². The normalized spacial score (nSPS) is 14.2. The number of nitrogens with two attached hydrogens (primary N) is 1. The van der Waals surface area contributed by atoms with Gasteiger partial charge in [0, 0.05) is 6.42 Å². The van der Waals surface area contributed by atoms with Gasteiger partial charge in [-0.2, -0.15) is 0 Å². The molecule has 0 aliphatic rings. The van der Waals surface area contributed by atoms with Crippen molar-refractivity contribution in [2.75, 3.05) is 6.54 Å². The number of hydrogen-bond acceptors (Lipinski definition) is 2. The molecule has 1 aromatic rings. The lowest BCUT2D eigenvalue weighted by atomic mass is 9.89. The first-order chi connectivity index (χ1) is 8.51. The fourth-order valence-corrected chi connectivity index (χ4v) is 2.23. The molecule has 2 atom stereocenters. The van der Waals surface area contributed by atoms with Crippen molar-refractivity contribution in [3.8, 4) is 0 Å². The van der Waals surface area contributed by atoms with E-state index in [0.29, 0.717) is 12.5 Å². The molecule has 0 aliphatic carbocycles. The summed E-state index contributed by atoms with van der Waals surface area (Å²) in [6.07, 6.45) is 1.59. The first-order valence-electron chi connectivity index (χ1n) is 6.17. The third-order valence-corrected chi connectivity index (χ3v) is 3.01. The average Bonchev–Trinajstić information content (AvgIpc) is 2.27. The van der Waals surface area contributed by atoms with Crippen LogP contribution in [0.3, 0.4) is 0 Å². The minimum absolute atomic E-state index is 0.00828. The summed E-state index contributed by atoms with van der Waals surface area (Å²) in [6, 6.07) is 6.51. The van der Waals surface area contributed by atoms with Crippen molar-refractivity contribution in [3.05, 3.63) is 35.6 Å². The predicted octanol–water partition coefficient (Wildman–Crippen LogP) is 2.44. The molecule has 0 aliphatic heterocycles. The van der Waals surface area contributed by atoms with E-state index in [9.17, 15) is 9.18 Å². The molecule has 0 radical (unpaired) electrons. The molecule has 0 amide bonds. The standard InChI is InChI=1S/C14H20FNO2/c1-10(6-12(9-16)8-14(17)18)5-11-3-2-4-13(15)7-11/h2-4,7,10,12H,5-6,8-9,16H2,1H3,(H,17,18). The molecule has 0 aromatic heterocycles. The van der Waals surface area contributed by atoms with Crippen molar-refractivity contribution in [2.24, 2.45) is 17.6 Å². The highest BCUT2D eigenvalue weighted by Gasteiger charge is 2.15. The largest absolute Gasteiger partial charge is 0.481 e. The summed E-state index contributed by atoms with van der Waals surface area (Å²) in [5.41, 5.74) is 6.50. The molecule has 0 heterocycles. The zero-order valence-corrected chi connectivity index (χ0v) is 10.6. The highest BCUT2D eigenvalue weighted by atomic mass is 19.1. The minimum Gasteiger partial charge on any atom is -0.481 e. The van der Waals surface area contributed by atoms with E-state index in [2.05, 4.69) is 0 Å². The zero-order chi connectivity index (χ0) is 13.5. The third kappa shape index (κ3) is 5.27. The Labute approximate surface area is 107 Å². The van der Waals surface area contributed by atoms with Gasteiger partial charge in [-0.05, 0) is 48.9 Å². The Hall–Kier alpha value is -1.42. The number of carboxylic acid groups (broad SMARTS) is 1. The molecule has 0 bridgehead atoms. The van der Waals surface area contributed by atoms with E-state index in [1.54, 1.807) is 6.07 Å². The summed E-state index contributed by atoms with van der Waals surface area (Å²) in [7, 11) is 0. The van der Waals surface area contributed by atoms with Crippen LogP contribution in [-0.2, 0) is 11.2 Å². The van der Waals surface area contributed by atoms with E-state index in [1.165, 1.54) is 12.1 Å². The SMILES string of the molecule is CC(Cc1cccc(F)c1)CC(CN)CC(=O)O. The van der Waals surface area contributed by atoms with Crippen LogP contribution in [0.1, 0.15) is 25.3 Å². The van der Waals surface area contributed by atoms with Crippen molar-refractivity contribution >= 4 is 5.97 Å². The molecule has 18 heavy (non-hydrogen) atoms. The smallest absolute Gasteiger partial charge is 0.303 e. The summed E-state index contributed by atoms with van der Waals surface area (Å²) in [6.45, 7) is 2.41. The number of rotatable bonds is 7. The first kappa shape index (κ1) is 14.6. The van der Waals surface area contributed by atoms with Gasteiger partial charge < -0.3 is 10.8 Å². The lowest BCUT2D eigenvalue weighted by molar-refractivity contribution is -0.138. The van der Waals surface area contributed by atoms with Crippen molar-refractivity contribution in [1.29, 1.82) is 0 Å². The number of halogens is 1. The molecule has 3 N–H and O–H groups in total. The summed E-state index contributed by atoms with van der Waals surface area (Å²) < 4.78 is 13.0. The van der Waals surface area contributed by atoms with Crippen molar-refractivity contribution in [2.45, 2.75) is 26.2 Å². The summed E-state index contributed by atoms with van der Waals surface area (Å²) >= 11 is 0. The molecule has 4 heteroatoms. The predicted molar refractivity (Wildman–Crippen MR) is 68.7 cm³/mol. The zero-order valence-electron chi connectivity index (χ0n) is 10.6. The van der Waals surface area contributed by atoms with Gasteiger partial charge in [0.1, 0.15) is 5.82 Å². The van der Waals surface area contributed by atoms with E-state index >= 15 is 0 Å². The lowest BCUT2D eigenvalue weighted by Crippen LogP contribution is -2.21. The van der Waals surface area contributed by atoms with Crippen LogP contribution in [0, 0.1) is 17.7 Å². The van der Waals surface area contributed by atoms with Gasteiger partial charge in [-0.1, -0.05) is 19.1 Å². The van der Waals surface area contributed by atoms with Gasteiger partial charge in [0.15, 0.2) is 0 Å². The molecule has 1 aromatic carbocycles. The van der Waals surface area contributed by atoms with Crippen LogP contribution < -0.4 is 5.73 Å². The second-order valence-corrected chi connectivity index (χ2v) is 4.87. The van der Waals surface area contributed by atoms with Gasteiger partial charge in [0.05, 0.1) is 0 Å². The number of carbonyl (C=O) groups is 1. The van der Waals surface area contributed by atoms with Gasteiger partial charge >= 0.3 is 5.97 Å². The molecule has 0 saturated carbocycles. The molecule has 0 spiro atoms. The molecule has 2 unspecified atom stereocenters.